The van der Waals surface area contributed by atoms with Crippen molar-refractivity contribution in [2.45, 2.75) is 18.9 Å². The van der Waals surface area contributed by atoms with E-state index in [1.807, 2.05) is 24.5 Å². The number of thioether (sulfide) groups is 1. The van der Waals surface area contributed by atoms with Gasteiger partial charge in [-0.2, -0.15) is 16.5 Å². The van der Waals surface area contributed by atoms with Crippen LogP contribution in [0.15, 0.2) is 53.9 Å². The van der Waals surface area contributed by atoms with Crippen LogP contribution in [0.3, 0.4) is 0 Å². The topological polar surface area (TPSA) is 75.3 Å². The van der Waals surface area contributed by atoms with Crippen LogP contribution in [-0.2, 0) is 21.2 Å². The third-order valence-electron chi connectivity index (χ3n) is 4.18. The molecule has 0 bridgehead atoms. The largest absolute Gasteiger partial charge is 0.354 e. The van der Waals surface area contributed by atoms with Crippen LogP contribution in [0.5, 0.6) is 0 Å². The lowest BCUT2D eigenvalue weighted by atomic mass is 10.1. The third-order valence-corrected chi connectivity index (χ3v) is 6.52. The van der Waals surface area contributed by atoms with Crippen LogP contribution >= 0.6 is 35.0 Å². The Bertz CT molecular complexity index is 967. The molecule has 1 amide bonds. The van der Waals surface area contributed by atoms with E-state index < -0.39 is 16.1 Å². The van der Waals surface area contributed by atoms with Crippen LogP contribution in [0.2, 0.25) is 10.0 Å². The fourth-order valence-electron chi connectivity index (χ4n) is 2.62. The number of hydrogen-bond acceptors (Lipinski definition) is 4. The average molecular weight is 487 g/mol. The van der Waals surface area contributed by atoms with Crippen molar-refractivity contribution in [2.75, 3.05) is 18.6 Å². The van der Waals surface area contributed by atoms with E-state index in [1.165, 1.54) is 6.08 Å². The second-order valence-corrected chi connectivity index (χ2v) is 9.91. The Kier molecular flexibility index (Phi) is 10.2. The Labute approximate surface area is 192 Å². The third kappa shape index (κ3) is 8.70. The Morgan fingerprint density at radius 2 is 1.90 bits per heavy atom. The zero-order chi connectivity index (χ0) is 22.0. The molecule has 2 rings (SSSR count). The number of amides is 1. The summed E-state index contributed by atoms with van der Waals surface area (Å²) in [5, 5.41) is 4.94. The molecule has 2 N–H and O–H groups in total. The van der Waals surface area contributed by atoms with Gasteiger partial charge in [-0.1, -0.05) is 59.6 Å². The van der Waals surface area contributed by atoms with Crippen LogP contribution in [0.4, 0.5) is 0 Å². The number of hydrogen-bond donors (Lipinski definition) is 2. The summed E-state index contributed by atoms with van der Waals surface area (Å²) in [5.74, 6) is 0.275. The fraction of sp³-hybridized carbons (Fsp3) is 0.286. The first-order chi connectivity index (χ1) is 14.3. The van der Waals surface area contributed by atoms with Crippen molar-refractivity contribution in [1.29, 1.82) is 0 Å². The van der Waals surface area contributed by atoms with Gasteiger partial charge in [0.1, 0.15) is 6.04 Å². The SMILES string of the molecule is CSCC[C@H](NS(=O)(=O)/C=C/c1ccccc1)C(=O)NCCc1ccc(Cl)cc1Cl. The molecular formula is C21H24Cl2N2O3S2. The number of carbonyl (C=O) groups excluding carboxylic acids is 1. The maximum Gasteiger partial charge on any atom is 0.238 e. The Hall–Kier alpha value is -1.51. The first-order valence-electron chi connectivity index (χ1n) is 9.27. The Morgan fingerprint density at radius 1 is 1.17 bits per heavy atom. The van der Waals surface area contributed by atoms with Crippen molar-refractivity contribution in [3.63, 3.8) is 0 Å². The summed E-state index contributed by atoms with van der Waals surface area (Å²) >= 11 is 13.6. The maximum absolute atomic E-state index is 12.6. The Balaban J connectivity index is 1.97. The smallest absolute Gasteiger partial charge is 0.238 e. The second kappa shape index (κ2) is 12.4. The van der Waals surface area contributed by atoms with Gasteiger partial charge in [0.2, 0.25) is 15.9 Å². The van der Waals surface area contributed by atoms with Crippen LogP contribution in [-0.4, -0.2) is 38.9 Å². The summed E-state index contributed by atoms with van der Waals surface area (Å²) in [7, 11) is -3.78. The summed E-state index contributed by atoms with van der Waals surface area (Å²) in [6.45, 7) is 0.331. The van der Waals surface area contributed by atoms with Crippen molar-refractivity contribution >= 4 is 57.0 Å². The Morgan fingerprint density at radius 3 is 2.57 bits per heavy atom. The highest BCUT2D eigenvalue weighted by Gasteiger charge is 2.22. The number of halogens is 2. The van der Waals surface area contributed by atoms with E-state index in [9.17, 15) is 13.2 Å². The highest BCUT2D eigenvalue weighted by Crippen LogP contribution is 2.21. The number of sulfonamides is 1. The molecule has 30 heavy (non-hydrogen) atoms. The molecule has 0 fully saturated rings. The summed E-state index contributed by atoms with van der Waals surface area (Å²) in [6.07, 6.45) is 4.29. The standard InChI is InChI=1S/C21H24Cl2N2O3S2/c1-29-13-10-20(25-30(27,28)14-11-16-5-3-2-4-6-16)21(26)24-12-9-17-7-8-18(22)15-19(17)23/h2-8,11,14-15,20,25H,9-10,12-13H2,1H3,(H,24,26)/b14-11+/t20-/m0/s1. The number of benzene rings is 2. The van der Waals surface area contributed by atoms with Crippen molar-refractivity contribution in [3.05, 3.63) is 75.1 Å². The lowest BCUT2D eigenvalue weighted by Gasteiger charge is -2.17. The summed E-state index contributed by atoms with van der Waals surface area (Å²) < 4.78 is 27.4. The fourth-order valence-corrected chi connectivity index (χ4v) is 4.63. The quantitative estimate of drug-likeness (QED) is 0.494. The molecule has 0 aromatic heterocycles. The van der Waals surface area contributed by atoms with Gasteiger partial charge in [0.15, 0.2) is 0 Å². The first-order valence-corrected chi connectivity index (χ1v) is 13.0. The minimum absolute atomic E-state index is 0.331. The van der Waals surface area contributed by atoms with Crippen LogP contribution in [0.25, 0.3) is 6.08 Å². The molecule has 1 atom stereocenters. The van der Waals surface area contributed by atoms with Gasteiger partial charge in [0, 0.05) is 22.0 Å². The molecule has 0 unspecified atom stereocenters. The second-order valence-electron chi connectivity index (χ2n) is 6.49. The van der Waals surface area contributed by atoms with Gasteiger partial charge in [0.05, 0.1) is 0 Å². The normalized spacial score (nSPS) is 12.8. The van der Waals surface area contributed by atoms with Crippen LogP contribution in [0, 0.1) is 0 Å². The van der Waals surface area contributed by atoms with Gasteiger partial charge >= 0.3 is 0 Å². The van der Waals surface area contributed by atoms with E-state index in [0.29, 0.717) is 35.2 Å². The summed E-state index contributed by atoms with van der Waals surface area (Å²) in [5.41, 5.74) is 1.61. The predicted octanol–water partition coefficient (Wildman–Crippen LogP) is 4.36. The van der Waals surface area contributed by atoms with E-state index >= 15 is 0 Å². The van der Waals surface area contributed by atoms with E-state index in [2.05, 4.69) is 10.0 Å². The first kappa shape index (κ1) is 24.8. The van der Waals surface area contributed by atoms with E-state index in [1.54, 1.807) is 42.1 Å². The summed E-state index contributed by atoms with van der Waals surface area (Å²) in [4.78, 5) is 12.6. The molecule has 0 heterocycles. The number of rotatable bonds is 11. The molecule has 162 valence electrons. The zero-order valence-corrected chi connectivity index (χ0v) is 19.6. The van der Waals surface area contributed by atoms with Crippen molar-refractivity contribution < 1.29 is 13.2 Å². The molecule has 5 nitrogen and oxygen atoms in total. The molecule has 0 radical (unpaired) electrons. The van der Waals surface area contributed by atoms with E-state index in [4.69, 9.17) is 23.2 Å². The van der Waals surface area contributed by atoms with Gasteiger partial charge in [-0.05, 0) is 54.2 Å². The van der Waals surface area contributed by atoms with E-state index in [0.717, 1.165) is 16.5 Å². The van der Waals surface area contributed by atoms with Crippen molar-refractivity contribution in [2.24, 2.45) is 0 Å². The number of carbonyl (C=O) groups is 1. The average Bonchev–Trinajstić information content (AvgIpc) is 2.72. The minimum Gasteiger partial charge on any atom is -0.354 e. The molecule has 2 aromatic rings. The maximum atomic E-state index is 12.6. The molecule has 0 saturated heterocycles. The highest BCUT2D eigenvalue weighted by molar-refractivity contribution is 7.98. The van der Waals surface area contributed by atoms with Crippen LogP contribution in [0.1, 0.15) is 17.5 Å². The molecule has 0 spiro atoms. The van der Waals surface area contributed by atoms with Crippen molar-refractivity contribution in [3.8, 4) is 0 Å². The van der Waals surface area contributed by atoms with Crippen molar-refractivity contribution in [1.82, 2.24) is 10.0 Å². The lowest BCUT2D eigenvalue weighted by Crippen LogP contribution is -2.46. The molecular weight excluding hydrogens is 463 g/mol. The highest BCUT2D eigenvalue weighted by atomic mass is 35.5. The molecule has 0 aliphatic carbocycles. The zero-order valence-electron chi connectivity index (χ0n) is 16.5. The predicted molar refractivity (Wildman–Crippen MR) is 127 cm³/mol. The van der Waals surface area contributed by atoms with Gasteiger partial charge in [-0.15, -0.1) is 0 Å². The molecule has 9 heteroatoms. The number of nitrogens with one attached hydrogen (secondary N) is 2. The molecule has 0 saturated carbocycles. The molecule has 0 aliphatic heterocycles. The van der Waals surface area contributed by atoms with Gasteiger partial charge in [-0.25, -0.2) is 8.42 Å². The van der Waals surface area contributed by atoms with Crippen LogP contribution < -0.4 is 10.0 Å². The molecule has 0 aliphatic rings. The summed E-state index contributed by atoms with van der Waals surface area (Å²) in [6, 6.07) is 13.4. The lowest BCUT2D eigenvalue weighted by molar-refractivity contribution is -0.122. The van der Waals surface area contributed by atoms with Gasteiger partial charge in [-0.3, -0.25) is 4.79 Å². The van der Waals surface area contributed by atoms with Gasteiger partial charge in [0.25, 0.3) is 0 Å². The van der Waals surface area contributed by atoms with E-state index in [-0.39, 0.29) is 5.91 Å². The molecule has 2 aromatic carbocycles. The minimum atomic E-state index is -3.78. The van der Waals surface area contributed by atoms with Gasteiger partial charge < -0.3 is 5.32 Å². The monoisotopic (exact) mass is 486 g/mol.